The van der Waals surface area contributed by atoms with Crippen LogP contribution in [-0.4, -0.2) is 30.3 Å². The fraction of sp³-hybridized carbons (Fsp3) is 0.227. The van der Waals surface area contributed by atoms with Crippen LogP contribution in [0.3, 0.4) is 0 Å². The minimum Gasteiger partial charge on any atom is -0.326 e. The number of rotatable bonds is 7. The predicted molar refractivity (Wildman–Crippen MR) is 113 cm³/mol. The Morgan fingerprint density at radius 3 is 2.34 bits per heavy atom. The topological polar surface area (TPSA) is 89.0 Å². The maximum absolute atomic E-state index is 12.8. The number of benzene rings is 2. The zero-order valence-corrected chi connectivity index (χ0v) is 17.2. The maximum Gasteiger partial charge on any atom is 0.231 e. The van der Waals surface area contributed by atoms with E-state index in [1.807, 2.05) is 55.5 Å². The van der Waals surface area contributed by atoms with Crippen molar-refractivity contribution >= 4 is 21.4 Å². The molecular formula is C22H23N3O3S. The second kappa shape index (κ2) is 8.96. The first-order valence-corrected chi connectivity index (χ1v) is 11.1. The van der Waals surface area contributed by atoms with Gasteiger partial charge in [0, 0.05) is 11.3 Å². The highest BCUT2D eigenvalue weighted by Gasteiger charge is 2.19. The summed E-state index contributed by atoms with van der Waals surface area (Å²) in [6.45, 7) is 3.55. The minimum absolute atomic E-state index is 0.0252. The van der Waals surface area contributed by atoms with Gasteiger partial charge in [0.2, 0.25) is 5.91 Å². The van der Waals surface area contributed by atoms with Crippen molar-refractivity contribution in [3.63, 3.8) is 0 Å². The molecule has 0 radical (unpaired) electrons. The van der Waals surface area contributed by atoms with Crippen molar-refractivity contribution in [3.8, 4) is 11.3 Å². The summed E-state index contributed by atoms with van der Waals surface area (Å²) in [7, 11) is -3.39. The van der Waals surface area contributed by atoms with E-state index in [0.29, 0.717) is 17.8 Å². The van der Waals surface area contributed by atoms with E-state index in [4.69, 9.17) is 0 Å². The predicted octanol–water partition coefficient (Wildman–Crippen LogP) is 4.07. The van der Waals surface area contributed by atoms with Crippen LogP contribution in [0.2, 0.25) is 0 Å². The lowest BCUT2D eigenvalue weighted by Gasteiger charge is -2.16. The van der Waals surface area contributed by atoms with E-state index in [1.165, 1.54) is 6.07 Å². The summed E-state index contributed by atoms with van der Waals surface area (Å²) < 4.78 is 23.8. The van der Waals surface area contributed by atoms with E-state index >= 15 is 0 Å². The number of aromatic nitrogens is 2. The van der Waals surface area contributed by atoms with Crippen molar-refractivity contribution in [2.24, 2.45) is 0 Å². The monoisotopic (exact) mass is 409 g/mol. The zero-order valence-electron chi connectivity index (χ0n) is 16.4. The second-order valence-electron chi connectivity index (χ2n) is 6.60. The van der Waals surface area contributed by atoms with Crippen LogP contribution in [0.5, 0.6) is 0 Å². The molecule has 1 atom stereocenters. The van der Waals surface area contributed by atoms with Crippen LogP contribution in [-0.2, 0) is 14.6 Å². The average Bonchev–Trinajstić information content (AvgIpc) is 2.75. The lowest BCUT2D eigenvalue weighted by atomic mass is 9.95. The van der Waals surface area contributed by atoms with E-state index < -0.39 is 9.84 Å². The fourth-order valence-corrected chi connectivity index (χ4v) is 3.77. The first-order valence-electron chi connectivity index (χ1n) is 9.47. The van der Waals surface area contributed by atoms with Gasteiger partial charge >= 0.3 is 0 Å². The third kappa shape index (κ3) is 4.86. The molecule has 3 rings (SSSR count). The molecule has 0 spiro atoms. The van der Waals surface area contributed by atoms with E-state index in [9.17, 15) is 13.2 Å². The van der Waals surface area contributed by atoms with Crippen LogP contribution in [0.1, 0.15) is 31.7 Å². The summed E-state index contributed by atoms with van der Waals surface area (Å²) in [6.07, 6.45) is 0.689. The Bertz CT molecular complexity index is 1080. The number of carbonyl (C=O) groups is 1. The molecule has 1 unspecified atom stereocenters. The Balaban J connectivity index is 1.80. The van der Waals surface area contributed by atoms with Crippen LogP contribution >= 0.6 is 0 Å². The highest BCUT2D eigenvalue weighted by molar-refractivity contribution is 7.91. The molecule has 1 amide bonds. The number of amides is 1. The third-order valence-electron chi connectivity index (χ3n) is 4.69. The smallest absolute Gasteiger partial charge is 0.231 e. The Morgan fingerprint density at radius 1 is 0.966 bits per heavy atom. The Labute approximate surface area is 170 Å². The SMILES string of the molecule is CCC(C(=O)Nc1cccc(-c2ccc(S(=O)(=O)CC)nn2)c1)c1ccccc1. The molecule has 0 aliphatic heterocycles. The van der Waals surface area contributed by atoms with Crippen molar-refractivity contribution < 1.29 is 13.2 Å². The first kappa shape index (κ1) is 20.7. The number of hydrogen-bond acceptors (Lipinski definition) is 5. The summed E-state index contributed by atoms with van der Waals surface area (Å²) in [4.78, 5) is 12.8. The summed E-state index contributed by atoms with van der Waals surface area (Å²) in [5, 5.41) is 10.8. The van der Waals surface area contributed by atoms with Gasteiger partial charge in [-0.2, -0.15) is 0 Å². The number of nitrogens with zero attached hydrogens (tertiary/aromatic N) is 2. The Hall–Kier alpha value is -3.06. The molecule has 7 heteroatoms. The highest BCUT2D eigenvalue weighted by atomic mass is 32.2. The molecule has 29 heavy (non-hydrogen) atoms. The second-order valence-corrected chi connectivity index (χ2v) is 8.83. The minimum atomic E-state index is -3.39. The highest BCUT2D eigenvalue weighted by Crippen LogP contribution is 2.24. The van der Waals surface area contributed by atoms with Gasteiger partial charge < -0.3 is 5.32 Å². The molecule has 3 aromatic rings. The molecule has 150 valence electrons. The van der Waals surface area contributed by atoms with E-state index in [-0.39, 0.29) is 22.6 Å². The largest absolute Gasteiger partial charge is 0.326 e. The molecule has 0 fully saturated rings. The quantitative estimate of drug-likeness (QED) is 0.635. The van der Waals surface area contributed by atoms with Crippen molar-refractivity contribution in [2.75, 3.05) is 11.1 Å². The number of hydrogen-bond donors (Lipinski definition) is 1. The van der Waals surface area contributed by atoms with Gasteiger partial charge in [0.1, 0.15) is 0 Å². The molecule has 2 aromatic carbocycles. The molecule has 0 saturated carbocycles. The molecule has 1 aromatic heterocycles. The molecule has 1 heterocycles. The normalized spacial score (nSPS) is 12.3. The fourth-order valence-electron chi connectivity index (χ4n) is 3.03. The molecule has 0 saturated heterocycles. The number of sulfone groups is 1. The molecule has 1 N–H and O–H groups in total. The average molecular weight is 410 g/mol. The van der Waals surface area contributed by atoms with Gasteiger partial charge in [0.15, 0.2) is 14.9 Å². The van der Waals surface area contributed by atoms with Gasteiger partial charge in [-0.15, -0.1) is 10.2 Å². The molecule has 0 aliphatic carbocycles. The van der Waals surface area contributed by atoms with Crippen molar-refractivity contribution in [3.05, 3.63) is 72.3 Å². The van der Waals surface area contributed by atoms with Crippen LogP contribution < -0.4 is 5.32 Å². The summed E-state index contributed by atoms with van der Waals surface area (Å²) in [5.41, 5.74) is 2.89. The van der Waals surface area contributed by atoms with Gasteiger partial charge in [-0.1, -0.05) is 56.3 Å². The molecule has 6 nitrogen and oxygen atoms in total. The van der Waals surface area contributed by atoms with Crippen molar-refractivity contribution in [1.29, 1.82) is 0 Å². The van der Waals surface area contributed by atoms with Crippen LogP contribution in [0.25, 0.3) is 11.3 Å². The van der Waals surface area contributed by atoms with Crippen LogP contribution in [0.15, 0.2) is 71.8 Å². The summed E-state index contributed by atoms with van der Waals surface area (Å²) in [6, 6.07) is 20.0. The summed E-state index contributed by atoms with van der Waals surface area (Å²) >= 11 is 0. The van der Waals surface area contributed by atoms with E-state index in [2.05, 4.69) is 15.5 Å². The lowest BCUT2D eigenvalue weighted by molar-refractivity contribution is -0.117. The van der Waals surface area contributed by atoms with E-state index in [0.717, 1.165) is 11.1 Å². The van der Waals surface area contributed by atoms with Crippen molar-refractivity contribution in [2.45, 2.75) is 31.2 Å². The van der Waals surface area contributed by atoms with Gasteiger partial charge in [-0.3, -0.25) is 4.79 Å². The summed E-state index contributed by atoms with van der Waals surface area (Å²) in [5.74, 6) is -0.341. The number of anilines is 1. The number of nitrogens with one attached hydrogen (secondary N) is 1. The van der Waals surface area contributed by atoms with Crippen LogP contribution in [0, 0.1) is 0 Å². The Kier molecular flexibility index (Phi) is 6.39. The van der Waals surface area contributed by atoms with Gasteiger partial charge in [-0.25, -0.2) is 8.42 Å². The van der Waals surface area contributed by atoms with Crippen molar-refractivity contribution in [1.82, 2.24) is 10.2 Å². The Morgan fingerprint density at radius 2 is 1.72 bits per heavy atom. The third-order valence-corrected chi connectivity index (χ3v) is 6.31. The van der Waals surface area contributed by atoms with Crippen LogP contribution in [0.4, 0.5) is 5.69 Å². The zero-order chi connectivity index (χ0) is 20.9. The lowest BCUT2D eigenvalue weighted by Crippen LogP contribution is -2.20. The van der Waals surface area contributed by atoms with Gasteiger partial charge in [-0.05, 0) is 36.2 Å². The van der Waals surface area contributed by atoms with E-state index in [1.54, 1.807) is 19.1 Å². The number of carbonyl (C=O) groups excluding carboxylic acids is 1. The molecule has 0 bridgehead atoms. The molecular weight excluding hydrogens is 386 g/mol. The van der Waals surface area contributed by atoms with Gasteiger partial charge in [0.05, 0.1) is 17.4 Å². The maximum atomic E-state index is 12.8. The standard InChI is InChI=1S/C22H23N3O3S/c1-3-19(16-9-6-5-7-10-16)22(26)23-18-12-8-11-17(15-18)20-13-14-21(25-24-20)29(27,28)4-2/h5-15,19H,3-4H2,1-2H3,(H,23,26). The molecule has 0 aliphatic rings. The van der Waals surface area contributed by atoms with Gasteiger partial charge in [0.25, 0.3) is 0 Å². The first-order chi connectivity index (χ1) is 13.9.